The normalized spacial score (nSPS) is 11.5. The number of alkyl halides is 3. The molecule has 3 aromatic rings. The number of hydrogen-bond donors (Lipinski definition) is 1. The van der Waals surface area contributed by atoms with Gasteiger partial charge in [0.25, 0.3) is 0 Å². The molecule has 0 aliphatic carbocycles. The molecule has 0 aliphatic heterocycles. The van der Waals surface area contributed by atoms with E-state index in [1.165, 1.54) is 25.5 Å². The lowest BCUT2D eigenvalue weighted by atomic mass is 10.2. The van der Waals surface area contributed by atoms with Gasteiger partial charge < -0.3 is 9.47 Å². The Morgan fingerprint density at radius 3 is 2.53 bits per heavy atom. The molecule has 156 valence electrons. The number of rotatable bonds is 7. The van der Waals surface area contributed by atoms with Gasteiger partial charge in [-0.15, -0.1) is 0 Å². The monoisotopic (exact) mass is 434 g/mol. The minimum absolute atomic E-state index is 0.227. The van der Waals surface area contributed by atoms with E-state index < -0.39 is 11.7 Å². The van der Waals surface area contributed by atoms with E-state index in [1.54, 1.807) is 24.3 Å². The number of methoxy groups -OCH3 is 1. The van der Waals surface area contributed by atoms with Crippen molar-refractivity contribution in [3.8, 4) is 11.5 Å². The molecule has 3 aromatic carbocycles. The number of benzene rings is 3. The second-order valence-electron chi connectivity index (χ2n) is 6.24. The van der Waals surface area contributed by atoms with Crippen molar-refractivity contribution in [2.45, 2.75) is 12.8 Å². The number of nitrogens with zero attached hydrogens (tertiary/aromatic N) is 1. The SMILES string of the molecule is COc1ccc(C=NNc2cccc(C(F)(F)F)c2)cc1OCc1ccccc1Cl. The minimum atomic E-state index is -4.41. The Labute approximate surface area is 176 Å². The van der Waals surface area contributed by atoms with Crippen LogP contribution in [0.5, 0.6) is 11.5 Å². The number of halogens is 4. The fraction of sp³-hybridized carbons (Fsp3) is 0.136. The molecule has 3 rings (SSSR count). The topological polar surface area (TPSA) is 42.8 Å². The summed E-state index contributed by atoms with van der Waals surface area (Å²) < 4.78 is 49.5. The van der Waals surface area contributed by atoms with Crippen molar-refractivity contribution in [2.75, 3.05) is 12.5 Å². The van der Waals surface area contributed by atoms with Crippen LogP contribution in [0.1, 0.15) is 16.7 Å². The quantitative estimate of drug-likeness (QED) is 0.346. The predicted molar refractivity (Wildman–Crippen MR) is 111 cm³/mol. The average molecular weight is 435 g/mol. The van der Waals surface area contributed by atoms with Gasteiger partial charge in [-0.25, -0.2) is 0 Å². The Hall–Kier alpha value is -3.19. The Kier molecular flexibility index (Phi) is 6.84. The van der Waals surface area contributed by atoms with Gasteiger partial charge >= 0.3 is 6.18 Å². The van der Waals surface area contributed by atoms with E-state index in [-0.39, 0.29) is 12.3 Å². The fourth-order valence-electron chi connectivity index (χ4n) is 2.60. The van der Waals surface area contributed by atoms with Crippen LogP contribution in [0.3, 0.4) is 0 Å². The molecule has 0 atom stereocenters. The first-order valence-electron chi connectivity index (χ1n) is 8.87. The predicted octanol–water partition coefficient (Wildman–Crippen LogP) is 6.39. The van der Waals surface area contributed by atoms with Crippen molar-refractivity contribution in [1.29, 1.82) is 0 Å². The van der Waals surface area contributed by atoms with Crippen LogP contribution in [0.2, 0.25) is 5.02 Å². The number of ether oxygens (including phenoxy) is 2. The molecular formula is C22H18ClF3N2O2. The zero-order valence-corrected chi connectivity index (χ0v) is 16.7. The first-order chi connectivity index (χ1) is 14.4. The van der Waals surface area contributed by atoms with Crippen molar-refractivity contribution < 1.29 is 22.6 Å². The highest BCUT2D eigenvalue weighted by molar-refractivity contribution is 6.31. The maximum absolute atomic E-state index is 12.8. The molecule has 30 heavy (non-hydrogen) atoms. The van der Waals surface area contributed by atoms with Gasteiger partial charge in [0.1, 0.15) is 6.61 Å². The third-order valence-corrected chi connectivity index (χ3v) is 4.49. The summed E-state index contributed by atoms with van der Waals surface area (Å²) >= 11 is 6.15. The van der Waals surface area contributed by atoms with E-state index in [1.807, 2.05) is 18.2 Å². The number of hydrogen-bond acceptors (Lipinski definition) is 4. The van der Waals surface area contributed by atoms with Gasteiger partial charge in [-0.3, -0.25) is 5.43 Å². The number of nitrogens with one attached hydrogen (secondary N) is 1. The molecule has 0 aliphatic rings. The lowest BCUT2D eigenvalue weighted by molar-refractivity contribution is -0.137. The fourth-order valence-corrected chi connectivity index (χ4v) is 2.79. The van der Waals surface area contributed by atoms with E-state index >= 15 is 0 Å². The highest BCUT2D eigenvalue weighted by Crippen LogP contribution is 2.31. The van der Waals surface area contributed by atoms with Crippen molar-refractivity contribution in [1.82, 2.24) is 0 Å². The Balaban J connectivity index is 1.71. The van der Waals surface area contributed by atoms with Gasteiger partial charge in [-0.05, 0) is 48.0 Å². The van der Waals surface area contributed by atoms with Crippen LogP contribution in [0.4, 0.5) is 18.9 Å². The second kappa shape index (κ2) is 9.54. The Morgan fingerprint density at radius 2 is 1.80 bits per heavy atom. The van der Waals surface area contributed by atoms with E-state index in [9.17, 15) is 13.2 Å². The van der Waals surface area contributed by atoms with E-state index in [0.717, 1.165) is 17.7 Å². The summed E-state index contributed by atoms with van der Waals surface area (Å²) in [4.78, 5) is 0. The Bertz CT molecular complexity index is 1040. The molecule has 0 saturated carbocycles. The van der Waals surface area contributed by atoms with Crippen LogP contribution in [-0.2, 0) is 12.8 Å². The van der Waals surface area contributed by atoms with Gasteiger partial charge in [-0.2, -0.15) is 18.3 Å². The average Bonchev–Trinajstić information content (AvgIpc) is 2.73. The maximum atomic E-state index is 12.8. The smallest absolute Gasteiger partial charge is 0.416 e. The third kappa shape index (κ3) is 5.67. The van der Waals surface area contributed by atoms with Crippen molar-refractivity contribution >= 4 is 23.5 Å². The molecule has 0 bridgehead atoms. The lowest BCUT2D eigenvalue weighted by Gasteiger charge is -2.12. The highest BCUT2D eigenvalue weighted by Gasteiger charge is 2.30. The van der Waals surface area contributed by atoms with Crippen molar-refractivity contribution in [3.05, 3.63) is 88.4 Å². The van der Waals surface area contributed by atoms with Crippen LogP contribution < -0.4 is 14.9 Å². The Morgan fingerprint density at radius 1 is 1.00 bits per heavy atom. The number of hydrazone groups is 1. The van der Waals surface area contributed by atoms with Gasteiger partial charge in [0.15, 0.2) is 11.5 Å². The summed E-state index contributed by atoms with van der Waals surface area (Å²) in [6, 6.07) is 17.3. The maximum Gasteiger partial charge on any atom is 0.416 e. The molecule has 1 N–H and O–H groups in total. The zero-order valence-electron chi connectivity index (χ0n) is 15.9. The number of anilines is 1. The van der Waals surface area contributed by atoms with Gasteiger partial charge in [0.2, 0.25) is 0 Å². The summed E-state index contributed by atoms with van der Waals surface area (Å²) in [6.07, 6.45) is -2.94. The molecule has 4 nitrogen and oxygen atoms in total. The van der Waals surface area contributed by atoms with Crippen LogP contribution in [0, 0.1) is 0 Å². The highest BCUT2D eigenvalue weighted by atomic mass is 35.5. The van der Waals surface area contributed by atoms with E-state index in [4.69, 9.17) is 21.1 Å². The van der Waals surface area contributed by atoms with Crippen molar-refractivity contribution in [2.24, 2.45) is 5.10 Å². The first kappa shape index (κ1) is 21.5. The van der Waals surface area contributed by atoms with Gasteiger partial charge in [0.05, 0.1) is 24.6 Å². The zero-order chi connectivity index (χ0) is 21.6. The summed E-state index contributed by atoms with van der Waals surface area (Å²) in [5.74, 6) is 1.02. The standard InChI is InChI=1S/C22H18ClF3N2O2/c1-29-20-10-9-15(11-21(20)30-14-16-5-2-3-8-19(16)23)13-27-28-18-7-4-6-17(12-18)22(24,25)26/h2-13,28H,14H2,1H3. The summed E-state index contributed by atoms with van der Waals surface area (Å²) in [5, 5.41) is 4.60. The molecule has 0 saturated heterocycles. The molecule has 0 aromatic heterocycles. The van der Waals surface area contributed by atoms with E-state index in [0.29, 0.717) is 22.1 Å². The summed E-state index contributed by atoms with van der Waals surface area (Å²) in [5.41, 5.74) is 3.57. The van der Waals surface area contributed by atoms with Crippen LogP contribution in [0.25, 0.3) is 0 Å². The molecular weight excluding hydrogens is 417 g/mol. The molecule has 0 radical (unpaired) electrons. The first-order valence-corrected chi connectivity index (χ1v) is 9.25. The molecule has 0 heterocycles. The molecule has 0 amide bonds. The van der Waals surface area contributed by atoms with E-state index in [2.05, 4.69) is 10.5 Å². The molecule has 0 fully saturated rings. The molecule has 8 heteroatoms. The van der Waals surface area contributed by atoms with Crippen LogP contribution in [-0.4, -0.2) is 13.3 Å². The van der Waals surface area contributed by atoms with Gasteiger partial charge in [-0.1, -0.05) is 35.9 Å². The molecule has 0 spiro atoms. The van der Waals surface area contributed by atoms with Crippen LogP contribution >= 0.6 is 11.6 Å². The minimum Gasteiger partial charge on any atom is -0.493 e. The van der Waals surface area contributed by atoms with Gasteiger partial charge in [0, 0.05) is 10.6 Å². The lowest BCUT2D eigenvalue weighted by Crippen LogP contribution is -2.05. The molecule has 0 unspecified atom stereocenters. The van der Waals surface area contributed by atoms with Crippen molar-refractivity contribution in [3.63, 3.8) is 0 Å². The van der Waals surface area contributed by atoms with Crippen LogP contribution in [0.15, 0.2) is 71.8 Å². The largest absolute Gasteiger partial charge is 0.493 e. The third-order valence-electron chi connectivity index (χ3n) is 4.13. The summed E-state index contributed by atoms with van der Waals surface area (Å²) in [7, 11) is 1.53. The summed E-state index contributed by atoms with van der Waals surface area (Å²) in [6.45, 7) is 0.249. The second-order valence-corrected chi connectivity index (χ2v) is 6.65.